The summed E-state index contributed by atoms with van der Waals surface area (Å²) >= 11 is 0. The molecule has 21 heavy (non-hydrogen) atoms. The van der Waals surface area contributed by atoms with E-state index in [1.165, 1.54) is 0 Å². The van der Waals surface area contributed by atoms with Gasteiger partial charge in [0.15, 0.2) is 0 Å². The van der Waals surface area contributed by atoms with Crippen LogP contribution in [0.15, 0.2) is 36.5 Å². The van der Waals surface area contributed by atoms with Crippen LogP contribution in [0, 0.1) is 5.41 Å². The molecule has 0 aliphatic carbocycles. The summed E-state index contributed by atoms with van der Waals surface area (Å²) in [5.41, 5.74) is -0.272. The summed E-state index contributed by atoms with van der Waals surface area (Å²) in [6.45, 7) is 9.53. The van der Waals surface area contributed by atoms with E-state index in [1.54, 1.807) is 6.08 Å². The van der Waals surface area contributed by atoms with Crippen LogP contribution in [0.25, 0.3) is 0 Å². The Morgan fingerprint density at radius 1 is 1.29 bits per heavy atom. The zero-order valence-corrected chi connectivity index (χ0v) is 13.2. The Labute approximate surface area is 127 Å². The standard InChI is InChI=1S/C17H26O4/c1-5-8-9-10-14(4)13-21-16(20)17(7-3,11-6-2)12-15(18)19/h5,8-10H,4,6-7,11-13H2,1-3H3,(H,18,19)/b8-5-,10-9-. The van der Waals surface area contributed by atoms with Gasteiger partial charge in [-0.2, -0.15) is 0 Å². The second-order valence-corrected chi connectivity index (χ2v) is 5.07. The van der Waals surface area contributed by atoms with E-state index >= 15 is 0 Å². The number of aliphatic carboxylic acids is 1. The maximum absolute atomic E-state index is 12.3. The largest absolute Gasteiger partial charge is 0.481 e. The molecule has 0 spiro atoms. The first-order valence-corrected chi connectivity index (χ1v) is 7.28. The lowest BCUT2D eigenvalue weighted by Gasteiger charge is -2.28. The van der Waals surface area contributed by atoms with Crippen molar-refractivity contribution in [3.05, 3.63) is 36.5 Å². The van der Waals surface area contributed by atoms with Crippen LogP contribution in [0.3, 0.4) is 0 Å². The van der Waals surface area contributed by atoms with Crippen molar-refractivity contribution >= 4 is 11.9 Å². The molecule has 0 aromatic rings. The lowest BCUT2D eigenvalue weighted by atomic mass is 9.78. The summed E-state index contributed by atoms with van der Waals surface area (Å²) in [5, 5.41) is 9.03. The third kappa shape index (κ3) is 6.93. The van der Waals surface area contributed by atoms with E-state index in [2.05, 4.69) is 6.58 Å². The minimum absolute atomic E-state index is 0.0813. The molecule has 0 bridgehead atoms. The van der Waals surface area contributed by atoms with Crippen LogP contribution >= 0.6 is 0 Å². The molecule has 0 fully saturated rings. The van der Waals surface area contributed by atoms with Gasteiger partial charge in [0.1, 0.15) is 6.61 Å². The van der Waals surface area contributed by atoms with Crippen molar-refractivity contribution < 1.29 is 19.4 Å². The van der Waals surface area contributed by atoms with Crippen molar-refractivity contribution in [2.24, 2.45) is 5.41 Å². The van der Waals surface area contributed by atoms with Crippen molar-refractivity contribution in [1.82, 2.24) is 0 Å². The molecule has 0 saturated carbocycles. The highest BCUT2D eigenvalue weighted by Crippen LogP contribution is 2.34. The number of hydrogen-bond donors (Lipinski definition) is 1. The molecule has 4 heteroatoms. The predicted molar refractivity (Wildman–Crippen MR) is 83.9 cm³/mol. The highest BCUT2D eigenvalue weighted by Gasteiger charge is 2.39. The molecule has 0 radical (unpaired) electrons. The molecule has 0 aromatic heterocycles. The second kappa shape index (κ2) is 9.97. The van der Waals surface area contributed by atoms with Crippen LogP contribution in [0.1, 0.15) is 46.5 Å². The smallest absolute Gasteiger partial charge is 0.312 e. The van der Waals surface area contributed by atoms with Crippen LogP contribution < -0.4 is 0 Å². The fraction of sp³-hybridized carbons (Fsp3) is 0.529. The van der Waals surface area contributed by atoms with Crippen LogP contribution in [-0.2, 0) is 14.3 Å². The highest BCUT2D eigenvalue weighted by atomic mass is 16.5. The first kappa shape index (κ1) is 19.2. The first-order chi connectivity index (χ1) is 9.91. The van der Waals surface area contributed by atoms with Gasteiger partial charge in [-0.3, -0.25) is 9.59 Å². The van der Waals surface area contributed by atoms with Crippen LogP contribution in [0.2, 0.25) is 0 Å². The summed E-state index contributed by atoms with van der Waals surface area (Å²) in [6.07, 6.45) is 8.80. The minimum atomic E-state index is -0.978. The number of allylic oxidation sites excluding steroid dienone is 3. The van der Waals surface area contributed by atoms with Crippen molar-refractivity contribution in [3.63, 3.8) is 0 Å². The number of carboxylic acids is 1. The third-order valence-corrected chi connectivity index (χ3v) is 3.35. The van der Waals surface area contributed by atoms with E-state index in [0.29, 0.717) is 18.4 Å². The molecule has 0 aliphatic rings. The van der Waals surface area contributed by atoms with E-state index in [0.717, 1.165) is 6.42 Å². The van der Waals surface area contributed by atoms with E-state index < -0.39 is 17.4 Å². The summed E-state index contributed by atoms with van der Waals surface area (Å²) in [4.78, 5) is 23.3. The fourth-order valence-electron chi connectivity index (χ4n) is 2.14. The van der Waals surface area contributed by atoms with Gasteiger partial charge >= 0.3 is 11.9 Å². The zero-order chi connectivity index (χ0) is 16.3. The Morgan fingerprint density at radius 2 is 1.95 bits per heavy atom. The molecule has 0 rings (SSSR count). The van der Waals surface area contributed by atoms with Crippen LogP contribution in [0.5, 0.6) is 0 Å². The number of carbonyl (C=O) groups excluding carboxylic acids is 1. The molecule has 0 heterocycles. The average molecular weight is 294 g/mol. The van der Waals surface area contributed by atoms with E-state index in [9.17, 15) is 9.59 Å². The molecule has 0 aliphatic heterocycles. The van der Waals surface area contributed by atoms with Gasteiger partial charge in [0.05, 0.1) is 11.8 Å². The SMILES string of the molecule is C=C(/C=C\C=C/C)COC(=O)C(CC)(CCC)CC(=O)O. The molecule has 0 amide bonds. The topological polar surface area (TPSA) is 63.6 Å². The third-order valence-electron chi connectivity index (χ3n) is 3.35. The molecule has 0 saturated heterocycles. The van der Waals surface area contributed by atoms with Crippen LogP contribution in [-0.4, -0.2) is 23.7 Å². The van der Waals surface area contributed by atoms with Crippen molar-refractivity contribution in [3.8, 4) is 0 Å². The van der Waals surface area contributed by atoms with Crippen molar-refractivity contribution in [1.29, 1.82) is 0 Å². The number of carbonyl (C=O) groups is 2. The number of hydrogen-bond acceptors (Lipinski definition) is 3. The molecule has 4 nitrogen and oxygen atoms in total. The zero-order valence-electron chi connectivity index (χ0n) is 13.2. The Balaban J connectivity index is 4.75. The summed E-state index contributed by atoms with van der Waals surface area (Å²) < 4.78 is 5.27. The molecule has 1 N–H and O–H groups in total. The van der Waals surface area contributed by atoms with Gasteiger partial charge in [-0.1, -0.05) is 51.2 Å². The highest BCUT2D eigenvalue weighted by molar-refractivity contribution is 5.82. The number of rotatable bonds is 10. The molecule has 118 valence electrons. The molecular weight excluding hydrogens is 268 g/mol. The molecule has 0 aromatic carbocycles. The summed E-state index contributed by atoms with van der Waals surface area (Å²) in [7, 11) is 0. The predicted octanol–water partition coefficient (Wildman–Crippen LogP) is 3.89. The van der Waals surface area contributed by atoms with Crippen LogP contribution in [0.4, 0.5) is 0 Å². The Hall–Kier alpha value is -1.84. The Morgan fingerprint density at radius 3 is 2.43 bits per heavy atom. The summed E-state index contributed by atoms with van der Waals surface area (Å²) in [5.74, 6) is -1.43. The fourth-order valence-corrected chi connectivity index (χ4v) is 2.14. The molecule has 1 atom stereocenters. The van der Waals surface area contributed by atoms with E-state index in [4.69, 9.17) is 9.84 Å². The van der Waals surface area contributed by atoms with Gasteiger partial charge in [0.2, 0.25) is 0 Å². The van der Waals surface area contributed by atoms with Gasteiger partial charge < -0.3 is 9.84 Å². The maximum Gasteiger partial charge on any atom is 0.312 e. The lowest BCUT2D eigenvalue weighted by molar-refractivity contribution is -0.161. The average Bonchev–Trinajstić information content (AvgIpc) is 2.43. The summed E-state index contributed by atoms with van der Waals surface area (Å²) in [6, 6.07) is 0. The normalized spacial score (nSPS) is 14.2. The van der Waals surface area contributed by atoms with Gasteiger partial charge in [-0.05, 0) is 25.3 Å². The number of carboxylic acid groups (broad SMARTS) is 1. The van der Waals surface area contributed by atoms with Gasteiger partial charge in [0.25, 0.3) is 0 Å². The van der Waals surface area contributed by atoms with Crippen molar-refractivity contribution in [2.45, 2.75) is 46.5 Å². The Kier molecular flexibility index (Phi) is 9.10. The molecular formula is C17H26O4. The van der Waals surface area contributed by atoms with Gasteiger partial charge in [0, 0.05) is 0 Å². The quantitative estimate of drug-likeness (QED) is 0.490. The second-order valence-electron chi connectivity index (χ2n) is 5.07. The van der Waals surface area contributed by atoms with Crippen molar-refractivity contribution in [2.75, 3.05) is 6.61 Å². The number of esters is 1. The Bertz CT molecular complexity index is 421. The van der Waals surface area contributed by atoms with E-state index in [-0.39, 0.29) is 13.0 Å². The van der Waals surface area contributed by atoms with E-state index in [1.807, 2.05) is 39.0 Å². The van der Waals surface area contributed by atoms with Gasteiger partial charge in [-0.25, -0.2) is 0 Å². The lowest BCUT2D eigenvalue weighted by Crippen LogP contribution is -2.35. The molecule has 1 unspecified atom stereocenters. The minimum Gasteiger partial charge on any atom is -0.481 e. The van der Waals surface area contributed by atoms with Gasteiger partial charge in [-0.15, -0.1) is 0 Å². The monoisotopic (exact) mass is 294 g/mol. The maximum atomic E-state index is 12.3. The first-order valence-electron chi connectivity index (χ1n) is 7.28. The number of ether oxygens (including phenoxy) is 1.